The van der Waals surface area contributed by atoms with Crippen LogP contribution in [0.2, 0.25) is 0 Å². The largest absolute Gasteiger partial charge is 0.466 e. The summed E-state index contributed by atoms with van der Waals surface area (Å²) in [5, 5.41) is 0. The summed E-state index contributed by atoms with van der Waals surface area (Å²) in [4.78, 5) is 23.1. The summed E-state index contributed by atoms with van der Waals surface area (Å²) in [5.74, 6) is 0.980. The fraction of sp³-hybridized carbons (Fsp3) is 0.857. The topological polar surface area (TPSA) is 43.4 Å². The molecule has 3 nitrogen and oxygen atoms in total. The molecule has 0 saturated heterocycles. The lowest BCUT2D eigenvalue weighted by atomic mass is 9.80. The summed E-state index contributed by atoms with van der Waals surface area (Å²) in [7, 11) is 0. The Bertz CT molecular complexity index is 252. The average Bonchev–Trinajstić information content (AvgIpc) is 2.34. The monoisotopic (exact) mass is 240 g/mol. The normalized spacial score (nSPS) is 24.4. The molecule has 0 bridgehead atoms. The molecule has 0 amide bonds. The third-order valence-electron chi connectivity index (χ3n) is 3.51. The Morgan fingerprint density at radius 1 is 1.12 bits per heavy atom. The van der Waals surface area contributed by atoms with Crippen molar-refractivity contribution in [3.63, 3.8) is 0 Å². The summed E-state index contributed by atoms with van der Waals surface area (Å²) < 4.78 is 4.95. The van der Waals surface area contributed by atoms with Gasteiger partial charge in [0.25, 0.3) is 0 Å². The van der Waals surface area contributed by atoms with E-state index in [1.54, 1.807) is 0 Å². The molecule has 0 aromatic heterocycles. The number of hydrogen-bond donors (Lipinski definition) is 0. The SMILES string of the molecule is CCCOC(=O)CCC(=O)C1CCC(C)CC1. The van der Waals surface area contributed by atoms with Crippen molar-refractivity contribution in [1.82, 2.24) is 0 Å². The fourth-order valence-electron chi connectivity index (χ4n) is 2.30. The lowest BCUT2D eigenvalue weighted by Gasteiger charge is -2.24. The van der Waals surface area contributed by atoms with E-state index in [2.05, 4.69) is 6.92 Å². The van der Waals surface area contributed by atoms with Gasteiger partial charge in [0, 0.05) is 12.3 Å². The van der Waals surface area contributed by atoms with Crippen LogP contribution in [-0.4, -0.2) is 18.4 Å². The van der Waals surface area contributed by atoms with E-state index in [1.165, 1.54) is 0 Å². The Kier molecular flexibility index (Phi) is 6.23. The van der Waals surface area contributed by atoms with Gasteiger partial charge in [0.2, 0.25) is 0 Å². The Labute approximate surface area is 104 Å². The van der Waals surface area contributed by atoms with Crippen LogP contribution in [0.3, 0.4) is 0 Å². The van der Waals surface area contributed by atoms with E-state index < -0.39 is 0 Å². The molecule has 1 fully saturated rings. The lowest BCUT2D eigenvalue weighted by Crippen LogP contribution is -2.21. The minimum absolute atomic E-state index is 0.199. The minimum Gasteiger partial charge on any atom is -0.466 e. The maximum absolute atomic E-state index is 11.9. The van der Waals surface area contributed by atoms with E-state index >= 15 is 0 Å². The van der Waals surface area contributed by atoms with Crippen molar-refractivity contribution in [2.24, 2.45) is 11.8 Å². The van der Waals surface area contributed by atoms with Crippen LogP contribution in [0.1, 0.15) is 58.8 Å². The quantitative estimate of drug-likeness (QED) is 0.670. The Morgan fingerprint density at radius 2 is 1.76 bits per heavy atom. The predicted octanol–water partition coefficient (Wildman–Crippen LogP) is 3.12. The highest BCUT2D eigenvalue weighted by Gasteiger charge is 2.24. The predicted molar refractivity (Wildman–Crippen MR) is 66.6 cm³/mol. The molecule has 1 rings (SSSR count). The first-order chi connectivity index (χ1) is 8.13. The molecule has 17 heavy (non-hydrogen) atoms. The van der Waals surface area contributed by atoms with Crippen molar-refractivity contribution in [1.29, 1.82) is 0 Å². The van der Waals surface area contributed by atoms with Gasteiger partial charge in [-0.15, -0.1) is 0 Å². The maximum atomic E-state index is 11.9. The van der Waals surface area contributed by atoms with Crippen LogP contribution >= 0.6 is 0 Å². The highest BCUT2D eigenvalue weighted by atomic mass is 16.5. The third kappa shape index (κ3) is 5.33. The summed E-state index contributed by atoms with van der Waals surface area (Å²) in [6.07, 6.45) is 5.76. The number of Topliss-reactive ketones (excluding diaryl/α,β-unsaturated/α-hetero) is 1. The van der Waals surface area contributed by atoms with Crippen molar-refractivity contribution in [3.8, 4) is 0 Å². The molecule has 0 unspecified atom stereocenters. The smallest absolute Gasteiger partial charge is 0.306 e. The molecule has 1 aliphatic rings. The van der Waals surface area contributed by atoms with E-state index in [0.29, 0.717) is 13.0 Å². The molecular weight excluding hydrogens is 216 g/mol. The van der Waals surface area contributed by atoms with Gasteiger partial charge in [-0.25, -0.2) is 0 Å². The second-order valence-electron chi connectivity index (χ2n) is 5.14. The van der Waals surface area contributed by atoms with E-state index in [9.17, 15) is 9.59 Å². The van der Waals surface area contributed by atoms with Crippen LogP contribution in [0, 0.1) is 11.8 Å². The zero-order valence-corrected chi connectivity index (χ0v) is 11.0. The van der Waals surface area contributed by atoms with Crippen LogP contribution < -0.4 is 0 Å². The molecule has 3 heteroatoms. The van der Waals surface area contributed by atoms with E-state index in [1.807, 2.05) is 6.92 Å². The van der Waals surface area contributed by atoms with Gasteiger partial charge in [-0.1, -0.05) is 26.7 Å². The van der Waals surface area contributed by atoms with Gasteiger partial charge in [-0.2, -0.15) is 0 Å². The lowest BCUT2D eigenvalue weighted by molar-refractivity contribution is -0.145. The number of esters is 1. The zero-order chi connectivity index (χ0) is 12.7. The Balaban J connectivity index is 2.18. The van der Waals surface area contributed by atoms with Crippen molar-refractivity contribution in [2.75, 3.05) is 6.61 Å². The second-order valence-corrected chi connectivity index (χ2v) is 5.14. The molecule has 0 aromatic rings. The second kappa shape index (κ2) is 7.46. The molecule has 0 N–H and O–H groups in total. The zero-order valence-electron chi connectivity index (χ0n) is 11.0. The van der Waals surface area contributed by atoms with Crippen molar-refractivity contribution in [3.05, 3.63) is 0 Å². The average molecular weight is 240 g/mol. The first kappa shape index (κ1) is 14.2. The van der Waals surface area contributed by atoms with Crippen LogP contribution in [0.4, 0.5) is 0 Å². The van der Waals surface area contributed by atoms with Crippen LogP contribution in [0.25, 0.3) is 0 Å². The first-order valence-electron chi connectivity index (χ1n) is 6.81. The van der Waals surface area contributed by atoms with Crippen molar-refractivity contribution >= 4 is 11.8 Å². The van der Waals surface area contributed by atoms with Crippen molar-refractivity contribution < 1.29 is 14.3 Å². The van der Waals surface area contributed by atoms with Crippen LogP contribution in [-0.2, 0) is 14.3 Å². The van der Waals surface area contributed by atoms with Crippen molar-refractivity contribution in [2.45, 2.75) is 58.8 Å². The van der Waals surface area contributed by atoms with Gasteiger partial charge in [0.05, 0.1) is 13.0 Å². The first-order valence-corrected chi connectivity index (χ1v) is 6.81. The summed E-state index contributed by atoms with van der Waals surface area (Å²) in [6, 6.07) is 0. The number of carbonyl (C=O) groups excluding carboxylic acids is 2. The van der Waals surface area contributed by atoms with Gasteiger partial charge in [-0.3, -0.25) is 9.59 Å². The molecular formula is C14H24O3. The Hall–Kier alpha value is -0.860. The van der Waals surface area contributed by atoms with Gasteiger partial charge in [-0.05, 0) is 25.2 Å². The molecule has 0 atom stereocenters. The summed E-state index contributed by atoms with van der Waals surface area (Å²) in [6.45, 7) is 4.67. The number of rotatable bonds is 6. The highest BCUT2D eigenvalue weighted by molar-refractivity contribution is 5.84. The molecule has 98 valence electrons. The number of ether oxygens (including phenoxy) is 1. The van der Waals surface area contributed by atoms with Gasteiger partial charge >= 0.3 is 5.97 Å². The molecule has 0 spiro atoms. The van der Waals surface area contributed by atoms with E-state index in [0.717, 1.165) is 38.0 Å². The molecule has 0 aliphatic heterocycles. The Morgan fingerprint density at radius 3 is 2.35 bits per heavy atom. The highest BCUT2D eigenvalue weighted by Crippen LogP contribution is 2.29. The van der Waals surface area contributed by atoms with Gasteiger partial charge < -0.3 is 4.74 Å². The molecule has 0 aromatic carbocycles. The minimum atomic E-state index is -0.232. The standard InChI is InChI=1S/C14H24O3/c1-3-10-17-14(16)9-8-13(15)12-6-4-11(2)5-7-12/h11-12H,3-10H2,1-2H3. The number of ketones is 1. The maximum Gasteiger partial charge on any atom is 0.306 e. The molecule has 0 heterocycles. The molecule has 1 saturated carbocycles. The molecule has 0 radical (unpaired) electrons. The van der Waals surface area contributed by atoms with Crippen LogP contribution in [0.15, 0.2) is 0 Å². The van der Waals surface area contributed by atoms with E-state index in [4.69, 9.17) is 4.74 Å². The van der Waals surface area contributed by atoms with Gasteiger partial charge in [0.1, 0.15) is 5.78 Å². The number of hydrogen-bond acceptors (Lipinski definition) is 3. The fourth-order valence-corrected chi connectivity index (χ4v) is 2.30. The molecule has 1 aliphatic carbocycles. The third-order valence-corrected chi connectivity index (χ3v) is 3.51. The summed E-state index contributed by atoms with van der Waals surface area (Å²) in [5.41, 5.74) is 0. The number of carbonyl (C=O) groups is 2. The van der Waals surface area contributed by atoms with Crippen LogP contribution in [0.5, 0.6) is 0 Å². The van der Waals surface area contributed by atoms with E-state index in [-0.39, 0.29) is 24.1 Å². The van der Waals surface area contributed by atoms with Gasteiger partial charge in [0.15, 0.2) is 0 Å². The summed E-state index contributed by atoms with van der Waals surface area (Å²) >= 11 is 0.